The predicted octanol–water partition coefficient (Wildman–Crippen LogP) is 3.90. The molecule has 0 saturated carbocycles. The highest BCUT2D eigenvalue weighted by molar-refractivity contribution is 6.30. The lowest BCUT2D eigenvalue weighted by Crippen LogP contribution is -2.13. The molecule has 1 aromatic heterocycles. The van der Waals surface area contributed by atoms with Gasteiger partial charge in [0.05, 0.1) is 0 Å². The molecule has 0 bridgehead atoms. The van der Waals surface area contributed by atoms with Crippen molar-refractivity contribution in [2.24, 2.45) is 0 Å². The quantitative estimate of drug-likeness (QED) is 0.905. The van der Waals surface area contributed by atoms with Crippen LogP contribution in [0.4, 0.5) is 0 Å². The molecule has 1 aromatic carbocycles. The Kier molecular flexibility index (Phi) is 6.85. The Bertz CT molecular complexity index is 471. The minimum Gasteiger partial charge on any atom is -0.320 e. The lowest BCUT2D eigenvalue weighted by molar-refractivity contribution is 0.649. The molecule has 102 valence electrons. The third-order valence-corrected chi connectivity index (χ3v) is 3.25. The lowest BCUT2D eigenvalue weighted by Gasteiger charge is -2.16. The van der Waals surface area contributed by atoms with Crippen LogP contribution < -0.4 is 5.32 Å². The van der Waals surface area contributed by atoms with Crippen LogP contribution in [-0.2, 0) is 0 Å². The van der Waals surface area contributed by atoms with E-state index in [-0.39, 0.29) is 12.4 Å². The summed E-state index contributed by atoms with van der Waals surface area (Å²) in [6.45, 7) is 0.962. The minimum absolute atomic E-state index is 0. The molecule has 2 nitrogen and oxygen atoms in total. The van der Waals surface area contributed by atoms with Gasteiger partial charge in [-0.3, -0.25) is 4.98 Å². The van der Waals surface area contributed by atoms with Gasteiger partial charge in [-0.25, -0.2) is 0 Å². The molecule has 4 heteroatoms. The fourth-order valence-corrected chi connectivity index (χ4v) is 2.18. The van der Waals surface area contributed by atoms with Crippen molar-refractivity contribution in [3.8, 4) is 0 Å². The average molecular weight is 297 g/mol. The smallest absolute Gasteiger partial charge is 0.0478 e. The Morgan fingerprint density at radius 3 is 2.47 bits per heavy atom. The molecule has 1 atom stereocenters. The minimum atomic E-state index is 0. The van der Waals surface area contributed by atoms with E-state index in [0.717, 1.165) is 23.7 Å². The van der Waals surface area contributed by atoms with Crippen molar-refractivity contribution >= 4 is 24.0 Å². The van der Waals surface area contributed by atoms with Gasteiger partial charge in [0, 0.05) is 22.8 Å². The summed E-state index contributed by atoms with van der Waals surface area (Å²) < 4.78 is 0. The number of hydrogen-bond acceptors (Lipinski definition) is 2. The lowest BCUT2D eigenvalue weighted by atomic mass is 9.92. The molecule has 1 N–H and O–H groups in total. The van der Waals surface area contributed by atoms with Gasteiger partial charge in [-0.15, -0.1) is 12.4 Å². The molecule has 2 aromatic rings. The van der Waals surface area contributed by atoms with Crippen LogP contribution in [0.25, 0.3) is 0 Å². The number of benzene rings is 1. The second-order valence-corrected chi connectivity index (χ2v) is 4.69. The van der Waals surface area contributed by atoms with E-state index in [4.69, 9.17) is 11.6 Å². The van der Waals surface area contributed by atoms with E-state index in [1.807, 2.05) is 37.5 Å². The van der Waals surface area contributed by atoms with Crippen molar-refractivity contribution in [3.63, 3.8) is 0 Å². The van der Waals surface area contributed by atoms with E-state index >= 15 is 0 Å². The van der Waals surface area contributed by atoms with Crippen LogP contribution in [0.5, 0.6) is 0 Å². The van der Waals surface area contributed by atoms with Gasteiger partial charge < -0.3 is 5.32 Å². The topological polar surface area (TPSA) is 24.9 Å². The van der Waals surface area contributed by atoms with Crippen LogP contribution in [-0.4, -0.2) is 18.6 Å². The number of nitrogens with one attached hydrogen (secondary N) is 1. The van der Waals surface area contributed by atoms with E-state index in [0.29, 0.717) is 5.92 Å². The van der Waals surface area contributed by atoms with Crippen LogP contribution in [0.15, 0.2) is 48.7 Å². The van der Waals surface area contributed by atoms with E-state index in [9.17, 15) is 0 Å². The number of hydrogen-bond donors (Lipinski definition) is 1. The number of rotatable bonds is 5. The average Bonchev–Trinajstić information content (AvgIpc) is 2.42. The van der Waals surface area contributed by atoms with E-state index in [1.165, 1.54) is 5.56 Å². The van der Waals surface area contributed by atoms with Gasteiger partial charge >= 0.3 is 0 Å². The van der Waals surface area contributed by atoms with Gasteiger partial charge in [-0.2, -0.15) is 0 Å². The van der Waals surface area contributed by atoms with Crippen LogP contribution >= 0.6 is 24.0 Å². The molecule has 1 heterocycles. The maximum absolute atomic E-state index is 5.94. The number of halogens is 2. The van der Waals surface area contributed by atoms with Crippen molar-refractivity contribution in [1.29, 1.82) is 0 Å². The molecule has 0 fully saturated rings. The molecule has 19 heavy (non-hydrogen) atoms. The highest BCUT2D eigenvalue weighted by Gasteiger charge is 2.14. The van der Waals surface area contributed by atoms with Crippen molar-refractivity contribution < 1.29 is 0 Å². The second kappa shape index (κ2) is 8.16. The summed E-state index contributed by atoms with van der Waals surface area (Å²) >= 11 is 5.94. The SMILES string of the molecule is CNCC[C@@H](c1ccc(Cl)cc1)c1ccccn1.Cl. The highest BCUT2D eigenvalue weighted by Crippen LogP contribution is 2.27. The standard InChI is InChI=1S/C15H17ClN2.ClH/c1-17-11-9-14(15-4-2-3-10-18-15)12-5-7-13(16)8-6-12;/h2-8,10,14,17H,9,11H2,1H3;1H/t14-;/m0./s1. The fraction of sp³-hybridized carbons (Fsp3) is 0.267. The molecule has 2 rings (SSSR count). The molecule has 0 saturated heterocycles. The van der Waals surface area contributed by atoms with Gasteiger partial charge in [0.25, 0.3) is 0 Å². The summed E-state index contributed by atoms with van der Waals surface area (Å²) in [7, 11) is 1.97. The monoisotopic (exact) mass is 296 g/mol. The van der Waals surface area contributed by atoms with Gasteiger partial charge in [0.15, 0.2) is 0 Å². The third kappa shape index (κ3) is 4.50. The first kappa shape index (κ1) is 16.0. The summed E-state index contributed by atoms with van der Waals surface area (Å²) in [5.41, 5.74) is 2.36. The number of aromatic nitrogens is 1. The molecular formula is C15H18Cl2N2. The molecule has 0 unspecified atom stereocenters. The summed E-state index contributed by atoms with van der Waals surface area (Å²) in [5, 5.41) is 3.97. The zero-order valence-corrected chi connectivity index (χ0v) is 12.4. The first-order valence-corrected chi connectivity index (χ1v) is 6.50. The predicted molar refractivity (Wildman–Crippen MR) is 83.3 cm³/mol. The molecule has 0 amide bonds. The molecule has 0 aliphatic heterocycles. The Hall–Kier alpha value is -1.09. The third-order valence-electron chi connectivity index (χ3n) is 3.00. The van der Waals surface area contributed by atoms with Gasteiger partial charge in [0.2, 0.25) is 0 Å². The number of nitrogens with zero attached hydrogens (tertiary/aromatic N) is 1. The van der Waals surface area contributed by atoms with Crippen LogP contribution in [0.2, 0.25) is 5.02 Å². The zero-order valence-electron chi connectivity index (χ0n) is 10.8. The van der Waals surface area contributed by atoms with Crippen LogP contribution in [0, 0.1) is 0 Å². The van der Waals surface area contributed by atoms with E-state index in [1.54, 1.807) is 0 Å². The largest absolute Gasteiger partial charge is 0.320 e. The normalized spacial score (nSPS) is 11.7. The maximum atomic E-state index is 5.94. The Morgan fingerprint density at radius 1 is 1.16 bits per heavy atom. The highest BCUT2D eigenvalue weighted by atomic mass is 35.5. The van der Waals surface area contributed by atoms with Crippen molar-refractivity contribution in [1.82, 2.24) is 10.3 Å². The van der Waals surface area contributed by atoms with Gasteiger partial charge in [-0.05, 0) is 49.8 Å². The van der Waals surface area contributed by atoms with Crippen molar-refractivity contribution in [3.05, 3.63) is 64.9 Å². The van der Waals surface area contributed by atoms with Crippen molar-refractivity contribution in [2.75, 3.05) is 13.6 Å². The molecule has 0 aliphatic carbocycles. The van der Waals surface area contributed by atoms with E-state index < -0.39 is 0 Å². The Balaban J connectivity index is 0.00000180. The van der Waals surface area contributed by atoms with Crippen LogP contribution in [0.1, 0.15) is 23.6 Å². The molecular weight excluding hydrogens is 279 g/mol. The Labute approximate surface area is 125 Å². The summed E-state index contributed by atoms with van der Waals surface area (Å²) in [4.78, 5) is 4.47. The van der Waals surface area contributed by atoms with E-state index in [2.05, 4.69) is 28.5 Å². The first-order chi connectivity index (χ1) is 8.81. The molecule has 0 radical (unpaired) electrons. The Morgan fingerprint density at radius 2 is 1.89 bits per heavy atom. The van der Waals surface area contributed by atoms with Gasteiger partial charge in [0.1, 0.15) is 0 Å². The molecule has 0 spiro atoms. The van der Waals surface area contributed by atoms with Crippen molar-refractivity contribution in [2.45, 2.75) is 12.3 Å². The summed E-state index contributed by atoms with van der Waals surface area (Å²) in [6.07, 6.45) is 2.87. The fourth-order valence-electron chi connectivity index (χ4n) is 2.05. The second-order valence-electron chi connectivity index (χ2n) is 4.25. The zero-order chi connectivity index (χ0) is 12.8. The summed E-state index contributed by atoms with van der Waals surface area (Å²) in [6, 6.07) is 14.1. The molecule has 0 aliphatic rings. The van der Waals surface area contributed by atoms with Crippen LogP contribution in [0.3, 0.4) is 0 Å². The number of pyridine rings is 1. The summed E-state index contributed by atoms with van der Waals surface area (Å²) in [5.74, 6) is 0.316. The first-order valence-electron chi connectivity index (χ1n) is 6.12. The van der Waals surface area contributed by atoms with Gasteiger partial charge in [-0.1, -0.05) is 29.8 Å². The maximum Gasteiger partial charge on any atom is 0.0478 e.